The first-order valence-corrected chi connectivity index (χ1v) is 6.94. The normalized spacial score (nSPS) is 10.5. The molecular formula is C16H20N4O. The minimum atomic E-state index is -0.183. The molecule has 21 heavy (non-hydrogen) atoms. The van der Waals surface area contributed by atoms with Crippen molar-refractivity contribution < 1.29 is 4.79 Å². The summed E-state index contributed by atoms with van der Waals surface area (Å²) in [6.07, 6.45) is 1.66. The third-order valence-corrected chi connectivity index (χ3v) is 3.20. The van der Waals surface area contributed by atoms with Gasteiger partial charge in [0.2, 0.25) is 0 Å². The second kappa shape index (κ2) is 6.35. The van der Waals surface area contributed by atoms with Crippen LogP contribution in [0.2, 0.25) is 0 Å². The number of hydrogen-bond acceptors (Lipinski definition) is 4. The lowest BCUT2D eigenvalue weighted by Gasteiger charge is -2.11. The fraction of sp³-hybridized carbons (Fsp3) is 0.312. The van der Waals surface area contributed by atoms with Gasteiger partial charge in [0.05, 0.1) is 0 Å². The van der Waals surface area contributed by atoms with Crippen molar-refractivity contribution in [3.8, 4) is 0 Å². The van der Waals surface area contributed by atoms with Gasteiger partial charge in [-0.3, -0.25) is 4.79 Å². The van der Waals surface area contributed by atoms with E-state index in [1.54, 1.807) is 19.3 Å². The molecular weight excluding hydrogens is 264 g/mol. The Morgan fingerprint density at radius 3 is 2.67 bits per heavy atom. The van der Waals surface area contributed by atoms with Gasteiger partial charge in [0.15, 0.2) is 0 Å². The third kappa shape index (κ3) is 3.56. The van der Waals surface area contributed by atoms with Gasteiger partial charge in [0, 0.05) is 24.5 Å². The molecule has 0 bridgehead atoms. The molecule has 0 unspecified atom stereocenters. The smallest absolute Gasteiger partial charge is 0.257 e. The van der Waals surface area contributed by atoms with Crippen LogP contribution in [-0.4, -0.2) is 22.9 Å². The molecule has 0 aliphatic heterocycles. The van der Waals surface area contributed by atoms with E-state index in [0.717, 1.165) is 11.3 Å². The summed E-state index contributed by atoms with van der Waals surface area (Å²) in [5.41, 5.74) is 2.38. The Morgan fingerprint density at radius 1 is 1.29 bits per heavy atom. The Morgan fingerprint density at radius 2 is 2.05 bits per heavy atom. The topological polar surface area (TPSA) is 66.9 Å². The lowest BCUT2D eigenvalue weighted by molar-refractivity contribution is 0.102. The van der Waals surface area contributed by atoms with E-state index in [0.29, 0.717) is 17.2 Å². The number of nitrogens with zero attached hydrogens (tertiary/aromatic N) is 2. The number of anilines is 2. The largest absolute Gasteiger partial charge is 0.373 e. The van der Waals surface area contributed by atoms with Gasteiger partial charge >= 0.3 is 0 Å². The Balaban J connectivity index is 2.30. The van der Waals surface area contributed by atoms with Crippen molar-refractivity contribution in [2.75, 3.05) is 17.7 Å². The van der Waals surface area contributed by atoms with E-state index >= 15 is 0 Å². The van der Waals surface area contributed by atoms with E-state index in [4.69, 9.17) is 0 Å². The minimum absolute atomic E-state index is 0.183. The molecule has 0 saturated heterocycles. The van der Waals surface area contributed by atoms with Gasteiger partial charge in [0.1, 0.15) is 11.6 Å². The van der Waals surface area contributed by atoms with Crippen molar-refractivity contribution >= 4 is 17.5 Å². The number of amides is 1. The van der Waals surface area contributed by atoms with E-state index in [2.05, 4.69) is 20.6 Å². The van der Waals surface area contributed by atoms with Gasteiger partial charge in [-0.2, -0.15) is 0 Å². The molecule has 2 N–H and O–H groups in total. The van der Waals surface area contributed by atoms with Crippen molar-refractivity contribution in [2.45, 2.75) is 26.7 Å². The van der Waals surface area contributed by atoms with Gasteiger partial charge in [-0.25, -0.2) is 9.97 Å². The molecule has 2 heterocycles. The first kappa shape index (κ1) is 15.0. The van der Waals surface area contributed by atoms with Crippen molar-refractivity contribution in [2.24, 2.45) is 0 Å². The van der Waals surface area contributed by atoms with Crippen molar-refractivity contribution in [1.82, 2.24) is 9.97 Å². The monoisotopic (exact) mass is 284 g/mol. The Bertz CT molecular complexity index is 652. The first-order chi connectivity index (χ1) is 10.0. The number of pyridine rings is 2. The molecule has 0 aromatic carbocycles. The van der Waals surface area contributed by atoms with Crippen molar-refractivity contribution in [3.05, 3.63) is 47.3 Å². The summed E-state index contributed by atoms with van der Waals surface area (Å²) in [6, 6.07) is 7.31. The highest BCUT2D eigenvalue weighted by Crippen LogP contribution is 2.19. The standard InChI is InChI=1S/C16H20N4O/c1-10(2)13-8-12(9-14(17-4)19-13)16(21)20-15-11(3)6-5-7-18-15/h5-10H,1-4H3,(H,17,19)(H,18,20,21). The quantitative estimate of drug-likeness (QED) is 0.904. The van der Waals surface area contributed by atoms with Crippen LogP contribution in [0.15, 0.2) is 30.5 Å². The zero-order valence-electron chi connectivity index (χ0n) is 12.8. The zero-order chi connectivity index (χ0) is 15.4. The highest BCUT2D eigenvalue weighted by molar-refractivity contribution is 6.04. The Labute approximate surface area is 124 Å². The van der Waals surface area contributed by atoms with E-state index in [-0.39, 0.29) is 11.8 Å². The molecule has 0 saturated carbocycles. The van der Waals surface area contributed by atoms with E-state index < -0.39 is 0 Å². The number of aryl methyl sites for hydroxylation is 1. The average Bonchev–Trinajstić information content (AvgIpc) is 2.49. The SMILES string of the molecule is CNc1cc(C(=O)Nc2ncccc2C)cc(C(C)C)n1. The van der Waals surface area contributed by atoms with Crippen LogP contribution >= 0.6 is 0 Å². The second-order valence-corrected chi connectivity index (χ2v) is 5.19. The summed E-state index contributed by atoms with van der Waals surface area (Å²) < 4.78 is 0. The maximum Gasteiger partial charge on any atom is 0.257 e. The summed E-state index contributed by atoms with van der Waals surface area (Å²) in [4.78, 5) is 21.0. The van der Waals surface area contributed by atoms with Crippen LogP contribution in [-0.2, 0) is 0 Å². The second-order valence-electron chi connectivity index (χ2n) is 5.19. The van der Waals surface area contributed by atoms with E-state index in [1.807, 2.05) is 39.0 Å². The van der Waals surface area contributed by atoms with Crippen LogP contribution in [0.5, 0.6) is 0 Å². The molecule has 0 aliphatic rings. The molecule has 5 heteroatoms. The molecule has 0 radical (unpaired) electrons. The number of carbonyl (C=O) groups excluding carboxylic acids is 1. The first-order valence-electron chi connectivity index (χ1n) is 6.94. The summed E-state index contributed by atoms with van der Waals surface area (Å²) in [7, 11) is 1.79. The molecule has 0 atom stereocenters. The molecule has 2 rings (SSSR count). The van der Waals surface area contributed by atoms with Crippen LogP contribution in [0.4, 0.5) is 11.6 Å². The lowest BCUT2D eigenvalue weighted by Crippen LogP contribution is -2.15. The van der Waals surface area contributed by atoms with Gasteiger partial charge in [0.25, 0.3) is 5.91 Å². The maximum atomic E-state index is 12.4. The predicted octanol–water partition coefficient (Wildman–Crippen LogP) is 3.20. The van der Waals surface area contributed by atoms with Crippen LogP contribution in [0.3, 0.4) is 0 Å². The van der Waals surface area contributed by atoms with Crippen LogP contribution in [0.25, 0.3) is 0 Å². The average molecular weight is 284 g/mol. The summed E-state index contributed by atoms with van der Waals surface area (Å²) in [6.45, 7) is 6.01. The number of carbonyl (C=O) groups is 1. The summed E-state index contributed by atoms with van der Waals surface area (Å²) in [5, 5.41) is 5.82. The number of aromatic nitrogens is 2. The van der Waals surface area contributed by atoms with Gasteiger partial charge in [-0.05, 0) is 36.6 Å². The fourth-order valence-electron chi connectivity index (χ4n) is 1.90. The molecule has 2 aromatic heterocycles. The molecule has 2 aromatic rings. The number of rotatable bonds is 4. The Hall–Kier alpha value is -2.43. The van der Waals surface area contributed by atoms with Crippen LogP contribution < -0.4 is 10.6 Å². The maximum absolute atomic E-state index is 12.4. The highest BCUT2D eigenvalue weighted by Gasteiger charge is 2.13. The van der Waals surface area contributed by atoms with E-state index in [1.165, 1.54) is 0 Å². The molecule has 110 valence electrons. The summed E-state index contributed by atoms with van der Waals surface area (Å²) >= 11 is 0. The molecule has 0 aliphatic carbocycles. The number of nitrogens with one attached hydrogen (secondary N) is 2. The predicted molar refractivity (Wildman–Crippen MR) is 84.8 cm³/mol. The van der Waals surface area contributed by atoms with Crippen LogP contribution in [0.1, 0.15) is 41.4 Å². The Kier molecular flexibility index (Phi) is 4.52. The lowest BCUT2D eigenvalue weighted by atomic mass is 10.1. The van der Waals surface area contributed by atoms with Gasteiger partial charge < -0.3 is 10.6 Å². The molecule has 0 spiro atoms. The highest BCUT2D eigenvalue weighted by atomic mass is 16.1. The number of hydrogen-bond donors (Lipinski definition) is 2. The minimum Gasteiger partial charge on any atom is -0.373 e. The van der Waals surface area contributed by atoms with Crippen molar-refractivity contribution in [3.63, 3.8) is 0 Å². The zero-order valence-corrected chi connectivity index (χ0v) is 12.8. The molecule has 0 fully saturated rings. The fourth-order valence-corrected chi connectivity index (χ4v) is 1.90. The van der Waals surface area contributed by atoms with E-state index in [9.17, 15) is 4.79 Å². The van der Waals surface area contributed by atoms with Gasteiger partial charge in [-0.1, -0.05) is 19.9 Å². The van der Waals surface area contributed by atoms with Crippen molar-refractivity contribution in [1.29, 1.82) is 0 Å². The van der Waals surface area contributed by atoms with Crippen LogP contribution in [0, 0.1) is 6.92 Å². The third-order valence-electron chi connectivity index (χ3n) is 3.20. The molecule has 1 amide bonds. The van der Waals surface area contributed by atoms with Gasteiger partial charge in [-0.15, -0.1) is 0 Å². The molecule has 5 nitrogen and oxygen atoms in total. The summed E-state index contributed by atoms with van der Waals surface area (Å²) in [5.74, 6) is 1.33.